The molecule has 0 N–H and O–H groups in total. The van der Waals surface area contributed by atoms with Gasteiger partial charge in [-0.25, -0.2) is 4.98 Å². The Hall–Kier alpha value is -1.68. The van der Waals surface area contributed by atoms with Crippen LogP contribution in [0.15, 0.2) is 30.3 Å². The Labute approximate surface area is 124 Å². The van der Waals surface area contributed by atoms with Gasteiger partial charge in [-0.1, -0.05) is 61.4 Å². The number of aromatic nitrogens is 1. The zero-order valence-electron chi connectivity index (χ0n) is 12.0. The number of nitrogens with zero attached hydrogens (tertiary/aromatic N) is 2. The number of hydrogen-bond donors (Lipinski definition) is 0. The number of carbonyl (C=O) groups is 1. The third-order valence-corrected chi connectivity index (χ3v) is 4.31. The fourth-order valence-corrected chi connectivity index (χ4v) is 2.95. The Balaban J connectivity index is 2.20. The molecule has 106 valence electrons. The molecule has 2 aromatic rings. The van der Waals surface area contributed by atoms with Gasteiger partial charge in [-0.05, 0) is 6.42 Å². The standard InChI is InChI=1S/C16H20N2OS/c1-3-4-8-11-18(2)16-17-15(14(12-19)20-16)13-9-6-5-7-10-13/h5-7,9-10,12H,3-4,8,11H2,1-2H3. The van der Waals surface area contributed by atoms with E-state index in [4.69, 9.17) is 0 Å². The maximum atomic E-state index is 11.2. The molecular weight excluding hydrogens is 268 g/mol. The van der Waals surface area contributed by atoms with Crippen molar-refractivity contribution in [2.24, 2.45) is 0 Å². The summed E-state index contributed by atoms with van der Waals surface area (Å²) < 4.78 is 0. The van der Waals surface area contributed by atoms with Gasteiger partial charge in [0.25, 0.3) is 0 Å². The van der Waals surface area contributed by atoms with E-state index >= 15 is 0 Å². The molecule has 2 rings (SSSR count). The van der Waals surface area contributed by atoms with Gasteiger partial charge in [-0.3, -0.25) is 4.79 Å². The number of carbonyl (C=O) groups excluding carboxylic acids is 1. The van der Waals surface area contributed by atoms with Gasteiger partial charge in [0.15, 0.2) is 11.4 Å². The van der Waals surface area contributed by atoms with Gasteiger partial charge in [0.2, 0.25) is 0 Å². The van der Waals surface area contributed by atoms with Crippen molar-refractivity contribution >= 4 is 22.8 Å². The van der Waals surface area contributed by atoms with Crippen molar-refractivity contribution < 1.29 is 4.79 Å². The molecule has 1 aromatic carbocycles. The van der Waals surface area contributed by atoms with Crippen molar-refractivity contribution in [1.82, 2.24) is 4.98 Å². The van der Waals surface area contributed by atoms with Gasteiger partial charge >= 0.3 is 0 Å². The molecule has 0 radical (unpaired) electrons. The number of benzene rings is 1. The molecule has 0 atom stereocenters. The van der Waals surface area contributed by atoms with E-state index < -0.39 is 0 Å². The predicted octanol–water partition coefficient (Wildman–Crippen LogP) is 4.25. The third kappa shape index (κ3) is 3.45. The summed E-state index contributed by atoms with van der Waals surface area (Å²) in [7, 11) is 2.04. The molecule has 0 aliphatic rings. The normalized spacial score (nSPS) is 10.5. The Bertz CT molecular complexity index is 551. The second-order valence-corrected chi connectivity index (χ2v) is 5.83. The first-order valence-electron chi connectivity index (χ1n) is 6.98. The molecule has 0 amide bonds. The molecular formula is C16H20N2OS. The van der Waals surface area contributed by atoms with E-state index in [1.54, 1.807) is 0 Å². The van der Waals surface area contributed by atoms with Gasteiger partial charge in [-0.2, -0.15) is 0 Å². The molecule has 0 aliphatic carbocycles. The van der Waals surface area contributed by atoms with Crippen LogP contribution in [-0.2, 0) is 0 Å². The van der Waals surface area contributed by atoms with E-state index in [1.807, 2.05) is 37.4 Å². The number of unbranched alkanes of at least 4 members (excludes halogenated alkanes) is 2. The molecule has 0 saturated carbocycles. The van der Waals surface area contributed by atoms with E-state index in [9.17, 15) is 4.79 Å². The van der Waals surface area contributed by atoms with Crippen LogP contribution in [0, 0.1) is 0 Å². The number of thiazole rings is 1. The molecule has 0 fully saturated rings. The van der Waals surface area contributed by atoms with E-state index in [0.717, 1.165) is 35.6 Å². The number of hydrogen-bond acceptors (Lipinski definition) is 4. The highest BCUT2D eigenvalue weighted by Crippen LogP contribution is 2.31. The van der Waals surface area contributed by atoms with Crippen molar-refractivity contribution in [3.63, 3.8) is 0 Å². The SMILES string of the molecule is CCCCCN(C)c1nc(-c2ccccc2)c(C=O)s1. The highest BCUT2D eigenvalue weighted by atomic mass is 32.1. The largest absolute Gasteiger partial charge is 0.351 e. The predicted molar refractivity (Wildman–Crippen MR) is 85.7 cm³/mol. The number of aldehydes is 1. The lowest BCUT2D eigenvalue weighted by molar-refractivity contribution is 0.112. The zero-order chi connectivity index (χ0) is 14.4. The van der Waals surface area contributed by atoms with E-state index in [-0.39, 0.29) is 0 Å². The van der Waals surface area contributed by atoms with Crippen LogP contribution in [0.1, 0.15) is 35.9 Å². The quantitative estimate of drug-likeness (QED) is 0.564. The lowest BCUT2D eigenvalue weighted by Crippen LogP contribution is -2.18. The zero-order valence-corrected chi connectivity index (χ0v) is 12.8. The highest BCUT2D eigenvalue weighted by molar-refractivity contribution is 7.17. The Kier molecular flexibility index (Phi) is 5.30. The molecule has 0 spiro atoms. The van der Waals surface area contributed by atoms with Gasteiger partial charge in [0, 0.05) is 19.2 Å². The minimum atomic E-state index is 0.702. The Morgan fingerprint density at radius 1 is 1.25 bits per heavy atom. The summed E-state index contributed by atoms with van der Waals surface area (Å²) in [6.07, 6.45) is 4.50. The van der Waals surface area contributed by atoms with Crippen molar-refractivity contribution in [2.75, 3.05) is 18.5 Å². The van der Waals surface area contributed by atoms with Crippen LogP contribution >= 0.6 is 11.3 Å². The van der Waals surface area contributed by atoms with Crippen LogP contribution in [-0.4, -0.2) is 24.9 Å². The minimum absolute atomic E-state index is 0.702. The van der Waals surface area contributed by atoms with Crippen molar-refractivity contribution in [1.29, 1.82) is 0 Å². The van der Waals surface area contributed by atoms with Crippen molar-refractivity contribution in [3.05, 3.63) is 35.2 Å². The lowest BCUT2D eigenvalue weighted by Gasteiger charge is -2.14. The Morgan fingerprint density at radius 2 is 2.00 bits per heavy atom. The molecule has 3 nitrogen and oxygen atoms in total. The van der Waals surface area contributed by atoms with Crippen LogP contribution in [0.25, 0.3) is 11.3 Å². The lowest BCUT2D eigenvalue weighted by atomic mass is 10.1. The summed E-state index contributed by atoms with van der Waals surface area (Å²) in [6, 6.07) is 9.88. The van der Waals surface area contributed by atoms with Gasteiger partial charge in [-0.15, -0.1) is 0 Å². The number of rotatable bonds is 7. The maximum absolute atomic E-state index is 11.2. The minimum Gasteiger partial charge on any atom is -0.351 e. The van der Waals surface area contributed by atoms with Gasteiger partial charge < -0.3 is 4.90 Å². The second-order valence-electron chi connectivity index (χ2n) is 4.82. The fraction of sp³-hybridized carbons (Fsp3) is 0.375. The smallest absolute Gasteiger partial charge is 0.186 e. The third-order valence-electron chi connectivity index (χ3n) is 3.22. The van der Waals surface area contributed by atoms with Crippen LogP contribution in [0.3, 0.4) is 0 Å². The molecule has 0 aliphatic heterocycles. The molecule has 0 unspecified atom stereocenters. The Morgan fingerprint density at radius 3 is 2.65 bits per heavy atom. The van der Waals surface area contributed by atoms with Gasteiger partial charge in [0.1, 0.15) is 0 Å². The molecule has 1 aromatic heterocycles. The molecule has 4 heteroatoms. The maximum Gasteiger partial charge on any atom is 0.186 e. The summed E-state index contributed by atoms with van der Waals surface area (Å²) in [5.74, 6) is 0. The van der Waals surface area contributed by atoms with Crippen molar-refractivity contribution in [3.8, 4) is 11.3 Å². The van der Waals surface area contributed by atoms with Crippen LogP contribution in [0.2, 0.25) is 0 Å². The monoisotopic (exact) mass is 288 g/mol. The number of anilines is 1. The second kappa shape index (κ2) is 7.20. The van der Waals surface area contributed by atoms with Gasteiger partial charge in [0.05, 0.1) is 10.6 Å². The average Bonchev–Trinajstić information content (AvgIpc) is 2.92. The van der Waals surface area contributed by atoms with E-state index in [0.29, 0.717) is 4.88 Å². The molecule has 1 heterocycles. The fourth-order valence-electron chi connectivity index (χ4n) is 2.06. The first-order chi connectivity index (χ1) is 9.76. The summed E-state index contributed by atoms with van der Waals surface area (Å²) in [5.41, 5.74) is 1.79. The first-order valence-corrected chi connectivity index (χ1v) is 7.80. The molecule has 0 saturated heterocycles. The van der Waals surface area contributed by atoms with E-state index in [2.05, 4.69) is 16.8 Å². The summed E-state index contributed by atoms with van der Waals surface area (Å²) >= 11 is 1.47. The molecule has 20 heavy (non-hydrogen) atoms. The van der Waals surface area contributed by atoms with E-state index in [1.165, 1.54) is 24.2 Å². The molecule has 0 bridgehead atoms. The summed E-state index contributed by atoms with van der Waals surface area (Å²) in [5, 5.41) is 0.919. The van der Waals surface area contributed by atoms with Crippen LogP contribution in [0.4, 0.5) is 5.13 Å². The van der Waals surface area contributed by atoms with Crippen LogP contribution < -0.4 is 4.90 Å². The topological polar surface area (TPSA) is 33.2 Å². The van der Waals surface area contributed by atoms with Crippen molar-refractivity contribution in [2.45, 2.75) is 26.2 Å². The average molecular weight is 288 g/mol. The summed E-state index contributed by atoms with van der Waals surface area (Å²) in [4.78, 5) is 18.7. The first kappa shape index (κ1) is 14.7. The summed E-state index contributed by atoms with van der Waals surface area (Å²) in [6.45, 7) is 3.18. The highest BCUT2D eigenvalue weighted by Gasteiger charge is 2.14. The van der Waals surface area contributed by atoms with Crippen LogP contribution in [0.5, 0.6) is 0 Å².